The average molecular weight is 354 g/mol. The number of aromatic nitrogens is 2. The van der Waals surface area contributed by atoms with Gasteiger partial charge >= 0.3 is 11.7 Å². The van der Waals surface area contributed by atoms with Gasteiger partial charge in [-0.15, -0.1) is 0 Å². The van der Waals surface area contributed by atoms with Gasteiger partial charge in [-0.05, 0) is 12.1 Å². The van der Waals surface area contributed by atoms with Crippen molar-refractivity contribution in [2.24, 2.45) is 5.92 Å². The van der Waals surface area contributed by atoms with Crippen LogP contribution < -0.4 is 11.2 Å². The van der Waals surface area contributed by atoms with Crippen LogP contribution in [0.15, 0.2) is 76.4 Å². The van der Waals surface area contributed by atoms with Gasteiger partial charge in [0.15, 0.2) is 0 Å². The molecule has 1 aromatic carbocycles. The molecule has 0 amide bonds. The lowest BCUT2D eigenvalue weighted by Crippen LogP contribution is -2.33. The second-order valence-corrected chi connectivity index (χ2v) is 5.98. The maximum atomic E-state index is 12.0. The van der Waals surface area contributed by atoms with E-state index in [-0.39, 0.29) is 18.6 Å². The fourth-order valence-electron chi connectivity index (χ4n) is 2.72. The molecule has 0 bridgehead atoms. The molecule has 1 aromatic heterocycles. The van der Waals surface area contributed by atoms with Crippen LogP contribution in [0.5, 0.6) is 0 Å². The van der Waals surface area contributed by atoms with Crippen molar-refractivity contribution in [3.05, 3.63) is 93.2 Å². The zero-order valence-corrected chi connectivity index (χ0v) is 14.2. The quantitative estimate of drug-likeness (QED) is 0.668. The van der Waals surface area contributed by atoms with Crippen molar-refractivity contribution in [2.75, 3.05) is 0 Å². The maximum Gasteiger partial charge on any atom is 0.342 e. The Morgan fingerprint density at radius 3 is 2.73 bits per heavy atom. The van der Waals surface area contributed by atoms with E-state index in [4.69, 9.17) is 9.47 Å². The highest BCUT2D eigenvalue weighted by Gasteiger charge is 2.34. The summed E-state index contributed by atoms with van der Waals surface area (Å²) >= 11 is 0. The van der Waals surface area contributed by atoms with Gasteiger partial charge in [0.2, 0.25) is 0 Å². The summed E-state index contributed by atoms with van der Waals surface area (Å²) in [6.07, 6.45) is 2.39. The van der Waals surface area contributed by atoms with Gasteiger partial charge in [-0.25, -0.2) is 9.59 Å². The third-order valence-electron chi connectivity index (χ3n) is 4.24. The van der Waals surface area contributed by atoms with Crippen molar-refractivity contribution in [1.82, 2.24) is 9.55 Å². The van der Waals surface area contributed by atoms with Crippen LogP contribution in [-0.2, 0) is 16.0 Å². The topological polar surface area (TPSA) is 90.4 Å². The average Bonchev–Trinajstić information content (AvgIpc) is 2.89. The molecule has 2 atom stereocenters. The van der Waals surface area contributed by atoms with Crippen LogP contribution in [0.25, 0.3) is 0 Å². The van der Waals surface area contributed by atoms with Crippen molar-refractivity contribution in [1.29, 1.82) is 0 Å². The second kappa shape index (κ2) is 7.26. The molecule has 1 saturated heterocycles. The number of H-pyrrole nitrogens is 1. The van der Waals surface area contributed by atoms with E-state index >= 15 is 0 Å². The number of rotatable bonds is 4. The highest BCUT2D eigenvalue weighted by molar-refractivity contribution is 5.89. The number of allylic oxidation sites excluding steroid dienone is 1. The minimum absolute atomic E-state index is 0.148. The van der Waals surface area contributed by atoms with Crippen molar-refractivity contribution >= 4 is 5.97 Å². The van der Waals surface area contributed by atoms with Gasteiger partial charge in [-0.1, -0.05) is 31.7 Å². The first-order chi connectivity index (χ1) is 12.5. The maximum absolute atomic E-state index is 12.0. The fraction of sp³-hybridized carbons (Fsp3) is 0.211. The Labute approximate surface area is 149 Å². The lowest BCUT2D eigenvalue weighted by molar-refractivity contribution is 0.0659. The van der Waals surface area contributed by atoms with Crippen LogP contribution in [-0.4, -0.2) is 21.6 Å². The summed E-state index contributed by atoms with van der Waals surface area (Å²) < 4.78 is 12.3. The number of hydrogen-bond donors (Lipinski definition) is 1. The summed E-state index contributed by atoms with van der Waals surface area (Å²) in [5.74, 6) is -0.232. The highest BCUT2D eigenvalue weighted by Crippen LogP contribution is 2.34. The molecule has 0 saturated carbocycles. The molecule has 7 heteroatoms. The largest absolute Gasteiger partial charge is 0.488 e. The number of carbonyl (C=O) groups excluding carboxylic acids is 1. The predicted molar refractivity (Wildman–Crippen MR) is 94.4 cm³/mol. The first-order valence-electron chi connectivity index (χ1n) is 8.07. The summed E-state index contributed by atoms with van der Waals surface area (Å²) in [5, 5.41) is 0. The minimum Gasteiger partial charge on any atom is -0.488 e. The number of benzene rings is 1. The number of hydrogen-bond acceptors (Lipinski definition) is 5. The number of nitrogens with zero attached hydrogens (tertiary/aromatic N) is 1. The summed E-state index contributed by atoms with van der Waals surface area (Å²) in [5.41, 5.74) is 0.130. The van der Waals surface area contributed by atoms with Crippen LogP contribution >= 0.6 is 0 Å². The van der Waals surface area contributed by atoms with Gasteiger partial charge in [-0.2, -0.15) is 0 Å². The Kier molecular flexibility index (Phi) is 4.88. The lowest BCUT2D eigenvalue weighted by Gasteiger charge is -2.15. The molecule has 2 aromatic rings. The molecule has 1 N–H and O–H groups in total. The molecule has 1 aliphatic rings. The molecular formula is C19H18N2O5. The molecule has 0 radical (unpaired) electrons. The monoisotopic (exact) mass is 354 g/mol. The molecule has 1 fully saturated rings. The number of aromatic amines is 1. The summed E-state index contributed by atoms with van der Waals surface area (Å²) in [7, 11) is 0. The van der Waals surface area contributed by atoms with E-state index in [0.717, 1.165) is 0 Å². The fourth-order valence-corrected chi connectivity index (χ4v) is 2.72. The lowest BCUT2D eigenvalue weighted by atomic mass is 9.98. The van der Waals surface area contributed by atoms with Crippen LogP contribution in [0.1, 0.15) is 17.3 Å². The van der Waals surface area contributed by atoms with Gasteiger partial charge in [-0.3, -0.25) is 14.3 Å². The standard InChI is InChI=1S/C19H18N2O5/c1-12-15(11-25-18(23)14-6-4-3-5-7-14)13(2)26-16(12)10-21-9-8-17(22)20-19(21)24/h3-9,11-12,16H,2,10H2,1H3,(H,20,22,24)/t12-,16-/m0/s1. The van der Waals surface area contributed by atoms with Gasteiger partial charge in [0, 0.05) is 23.8 Å². The molecule has 0 unspecified atom stereocenters. The Bertz CT molecular complexity index is 971. The van der Waals surface area contributed by atoms with Crippen LogP contribution in [0.3, 0.4) is 0 Å². The first kappa shape index (κ1) is 17.5. The van der Waals surface area contributed by atoms with E-state index in [0.29, 0.717) is 16.9 Å². The smallest absolute Gasteiger partial charge is 0.342 e. The van der Waals surface area contributed by atoms with Crippen molar-refractivity contribution in [3.63, 3.8) is 0 Å². The second-order valence-electron chi connectivity index (χ2n) is 5.98. The molecular weight excluding hydrogens is 336 g/mol. The summed E-state index contributed by atoms with van der Waals surface area (Å²) in [6.45, 7) is 5.96. The van der Waals surface area contributed by atoms with Gasteiger partial charge in [0.25, 0.3) is 5.56 Å². The van der Waals surface area contributed by atoms with Gasteiger partial charge < -0.3 is 9.47 Å². The van der Waals surface area contributed by atoms with E-state index in [9.17, 15) is 14.4 Å². The molecule has 134 valence electrons. The Morgan fingerprint density at radius 2 is 2.04 bits per heavy atom. The molecule has 26 heavy (non-hydrogen) atoms. The molecule has 0 spiro atoms. The van der Waals surface area contributed by atoms with E-state index in [1.54, 1.807) is 24.3 Å². The van der Waals surface area contributed by atoms with Gasteiger partial charge in [0.05, 0.1) is 12.1 Å². The molecule has 2 heterocycles. The Balaban J connectivity index is 1.72. The van der Waals surface area contributed by atoms with Crippen molar-refractivity contribution < 1.29 is 14.3 Å². The predicted octanol–water partition coefficient (Wildman–Crippen LogP) is 1.83. The molecule has 3 rings (SSSR count). The summed E-state index contributed by atoms with van der Waals surface area (Å²) in [4.78, 5) is 37.2. The Morgan fingerprint density at radius 1 is 1.31 bits per heavy atom. The third-order valence-corrected chi connectivity index (χ3v) is 4.24. The van der Waals surface area contributed by atoms with E-state index in [2.05, 4.69) is 11.6 Å². The van der Waals surface area contributed by atoms with Crippen LogP contribution in [0.4, 0.5) is 0 Å². The molecule has 7 nitrogen and oxygen atoms in total. The summed E-state index contributed by atoms with van der Waals surface area (Å²) in [6, 6.07) is 9.91. The van der Waals surface area contributed by atoms with Crippen molar-refractivity contribution in [2.45, 2.75) is 19.6 Å². The first-order valence-corrected chi connectivity index (χ1v) is 8.07. The highest BCUT2D eigenvalue weighted by atomic mass is 16.5. The Hall–Kier alpha value is -3.35. The van der Waals surface area contributed by atoms with Crippen LogP contribution in [0.2, 0.25) is 0 Å². The minimum atomic E-state index is -0.508. The normalized spacial score (nSPS) is 20.8. The van der Waals surface area contributed by atoms with Crippen LogP contribution in [0, 0.1) is 5.92 Å². The number of nitrogens with one attached hydrogen (secondary N) is 1. The molecule has 1 aliphatic heterocycles. The van der Waals surface area contributed by atoms with Gasteiger partial charge in [0.1, 0.15) is 18.1 Å². The number of ether oxygens (including phenoxy) is 2. The number of esters is 1. The SMILES string of the molecule is C=C1O[C@@H](Cn2ccc(=O)[nH]c2=O)[C@@H](C)C1=COC(=O)c1ccccc1. The zero-order chi connectivity index (χ0) is 18.7. The van der Waals surface area contributed by atoms with E-state index in [1.165, 1.54) is 23.1 Å². The van der Waals surface area contributed by atoms with E-state index < -0.39 is 17.2 Å². The van der Waals surface area contributed by atoms with E-state index in [1.807, 2.05) is 13.0 Å². The zero-order valence-electron chi connectivity index (χ0n) is 14.2. The third kappa shape index (κ3) is 3.66. The number of carbonyl (C=O) groups is 1. The molecule has 0 aliphatic carbocycles. The van der Waals surface area contributed by atoms with Crippen molar-refractivity contribution in [3.8, 4) is 0 Å².